The first kappa shape index (κ1) is 12.6. The van der Waals surface area contributed by atoms with Gasteiger partial charge in [-0.3, -0.25) is 0 Å². The van der Waals surface area contributed by atoms with E-state index in [0.29, 0.717) is 0 Å². The summed E-state index contributed by atoms with van der Waals surface area (Å²) in [6.07, 6.45) is 7.04. The van der Waals surface area contributed by atoms with Crippen LogP contribution >= 0.6 is 0 Å². The van der Waals surface area contributed by atoms with E-state index in [2.05, 4.69) is 35.3 Å². The molecule has 0 aliphatic rings. The van der Waals surface area contributed by atoms with Crippen LogP contribution < -0.4 is 0 Å². The molecule has 0 heterocycles. The first-order chi connectivity index (χ1) is 6.41. The van der Waals surface area contributed by atoms with Crippen molar-refractivity contribution in [2.45, 2.75) is 52.4 Å². The molecule has 0 N–H and O–H groups in total. The van der Waals surface area contributed by atoms with E-state index in [4.69, 9.17) is 0 Å². The summed E-state index contributed by atoms with van der Waals surface area (Å²) in [6.45, 7) is 4.38. The Morgan fingerprint density at radius 2 is 1.31 bits per heavy atom. The van der Waals surface area contributed by atoms with Crippen LogP contribution in [0, 0.1) is 21.5 Å². The summed E-state index contributed by atoms with van der Waals surface area (Å²) >= 11 is 0.251. The average Bonchev–Trinajstić information content (AvgIpc) is 2.16. The van der Waals surface area contributed by atoms with Gasteiger partial charge in [-0.15, -0.1) is 0 Å². The van der Waals surface area contributed by atoms with E-state index in [-0.39, 0.29) is 15.0 Å². The monoisotopic (exact) mass is 242 g/mol. The van der Waals surface area contributed by atoms with Gasteiger partial charge < -0.3 is 0 Å². The molecule has 0 rings (SSSR count). The Morgan fingerprint density at radius 3 is 1.69 bits per heavy atom. The zero-order valence-corrected chi connectivity index (χ0v) is 10.4. The second kappa shape index (κ2) is 11.6. The van der Waals surface area contributed by atoms with Crippen LogP contribution in [0.25, 0.3) is 0 Å². The van der Waals surface area contributed by atoms with Crippen molar-refractivity contribution in [1.29, 1.82) is 0 Å². The Bertz CT molecular complexity index is 185. The van der Waals surface area contributed by atoms with Crippen molar-refractivity contribution in [2.75, 3.05) is 0 Å². The summed E-state index contributed by atoms with van der Waals surface area (Å²) in [4.78, 5) is 6.27. The number of hydrogen-bond donors (Lipinski definition) is 0. The average molecular weight is 241 g/mol. The molecule has 0 aromatic carbocycles. The van der Waals surface area contributed by atoms with Crippen molar-refractivity contribution >= 4 is 15.0 Å². The maximum absolute atomic E-state index is 3.15. The molecule has 0 nitrogen and oxygen atoms in total. The van der Waals surface area contributed by atoms with Gasteiger partial charge in [-0.1, -0.05) is 0 Å². The molecule has 0 aromatic heterocycles. The fourth-order valence-electron chi connectivity index (χ4n) is 0.730. The molecule has 0 amide bonds. The summed E-state index contributed by atoms with van der Waals surface area (Å²) in [5, 5.41) is 0. The fourth-order valence-corrected chi connectivity index (χ4v) is 1.57. The minimum absolute atomic E-state index is 0.251. The normalized spacial score (nSPS) is 8.15. The third-order valence-electron chi connectivity index (χ3n) is 1.56. The van der Waals surface area contributed by atoms with Gasteiger partial charge in [0.15, 0.2) is 0 Å². The predicted molar refractivity (Wildman–Crippen MR) is 60.4 cm³/mol. The molecule has 0 atom stereocenters. The molecule has 0 spiro atoms. The number of rotatable bonds is 4. The SMILES string of the molecule is CCCCC#C[Se]C#CCCCC. The molecule has 0 bridgehead atoms. The quantitative estimate of drug-likeness (QED) is 0.403. The van der Waals surface area contributed by atoms with E-state index in [0.717, 1.165) is 12.8 Å². The van der Waals surface area contributed by atoms with Gasteiger partial charge in [0.05, 0.1) is 0 Å². The second-order valence-electron chi connectivity index (χ2n) is 2.87. The molecule has 0 saturated carbocycles. The fraction of sp³-hybridized carbons (Fsp3) is 0.667. The van der Waals surface area contributed by atoms with Crippen LogP contribution in [0.4, 0.5) is 0 Å². The molecule has 13 heavy (non-hydrogen) atoms. The maximum atomic E-state index is 3.15. The van der Waals surface area contributed by atoms with Gasteiger partial charge in [0.25, 0.3) is 0 Å². The van der Waals surface area contributed by atoms with E-state index in [9.17, 15) is 0 Å². The van der Waals surface area contributed by atoms with Crippen LogP contribution in [0.3, 0.4) is 0 Å². The first-order valence-corrected chi connectivity index (χ1v) is 6.74. The summed E-state index contributed by atoms with van der Waals surface area (Å²) < 4.78 is 0. The number of hydrogen-bond acceptors (Lipinski definition) is 0. The van der Waals surface area contributed by atoms with Crippen molar-refractivity contribution in [1.82, 2.24) is 0 Å². The van der Waals surface area contributed by atoms with Crippen molar-refractivity contribution < 1.29 is 0 Å². The van der Waals surface area contributed by atoms with Gasteiger partial charge in [-0.05, 0) is 0 Å². The summed E-state index contributed by atoms with van der Waals surface area (Å²) in [7, 11) is 0. The molecule has 0 saturated heterocycles. The zero-order chi connectivity index (χ0) is 9.78. The van der Waals surface area contributed by atoms with Crippen LogP contribution in [0.15, 0.2) is 0 Å². The topological polar surface area (TPSA) is 0 Å². The third-order valence-corrected chi connectivity index (χ3v) is 2.59. The van der Waals surface area contributed by atoms with Gasteiger partial charge in [0, 0.05) is 0 Å². The van der Waals surface area contributed by atoms with E-state index in [1.165, 1.54) is 25.7 Å². The molecule has 72 valence electrons. The van der Waals surface area contributed by atoms with E-state index in [1.54, 1.807) is 0 Å². The van der Waals surface area contributed by atoms with Crippen LogP contribution in [0.1, 0.15) is 52.4 Å². The standard InChI is InChI=1S/C12H18Se/c1-3-5-7-9-11-13-12-10-8-6-4-2/h3-8H2,1-2H3. The minimum atomic E-state index is 0.251. The molecule has 0 aliphatic heterocycles. The van der Waals surface area contributed by atoms with Crippen molar-refractivity contribution in [3.8, 4) is 21.5 Å². The first-order valence-electron chi connectivity index (χ1n) is 5.03. The summed E-state index contributed by atoms with van der Waals surface area (Å²) in [5.74, 6) is 6.30. The van der Waals surface area contributed by atoms with Gasteiger partial charge in [0.1, 0.15) is 0 Å². The van der Waals surface area contributed by atoms with E-state index < -0.39 is 0 Å². The van der Waals surface area contributed by atoms with Crippen molar-refractivity contribution in [3.05, 3.63) is 0 Å². The summed E-state index contributed by atoms with van der Waals surface area (Å²) in [5.41, 5.74) is 0. The Labute approximate surface area is 89.0 Å². The number of unbranched alkanes of at least 4 members (excludes halogenated alkanes) is 4. The van der Waals surface area contributed by atoms with E-state index >= 15 is 0 Å². The Morgan fingerprint density at radius 1 is 0.846 bits per heavy atom. The van der Waals surface area contributed by atoms with Crippen LogP contribution in [-0.4, -0.2) is 15.0 Å². The van der Waals surface area contributed by atoms with E-state index in [1.807, 2.05) is 0 Å². The third kappa shape index (κ3) is 11.6. The molecule has 0 unspecified atom stereocenters. The molecule has 0 radical (unpaired) electrons. The van der Waals surface area contributed by atoms with Crippen LogP contribution in [-0.2, 0) is 0 Å². The van der Waals surface area contributed by atoms with Gasteiger partial charge >= 0.3 is 88.8 Å². The Kier molecular flexibility index (Phi) is 11.3. The molecule has 0 aliphatic carbocycles. The zero-order valence-electron chi connectivity index (χ0n) is 8.65. The predicted octanol–water partition coefficient (Wildman–Crippen LogP) is 2.99. The molecule has 0 fully saturated rings. The van der Waals surface area contributed by atoms with Crippen molar-refractivity contribution in [2.24, 2.45) is 0 Å². The van der Waals surface area contributed by atoms with Crippen LogP contribution in [0.2, 0.25) is 0 Å². The molecule has 1 heteroatoms. The molecular formula is C12H18Se. The van der Waals surface area contributed by atoms with Gasteiger partial charge in [-0.25, -0.2) is 0 Å². The van der Waals surface area contributed by atoms with Gasteiger partial charge in [0.2, 0.25) is 0 Å². The van der Waals surface area contributed by atoms with Crippen molar-refractivity contribution in [3.63, 3.8) is 0 Å². The Hall–Kier alpha value is -0.361. The summed E-state index contributed by atoms with van der Waals surface area (Å²) in [6, 6.07) is 0. The molecular weight excluding hydrogens is 223 g/mol. The second-order valence-corrected chi connectivity index (χ2v) is 4.15. The van der Waals surface area contributed by atoms with Crippen LogP contribution in [0.5, 0.6) is 0 Å². The molecule has 0 aromatic rings. The van der Waals surface area contributed by atoms with Gasteiger partial charge in [-0.2, -0.15) is 0 Å². The Balaban J connectivity index is 3.28.